The van der Waals surface area contributed by atoms with E-state index in [0.717, 1.165) is 17.9 Å². The third kappa shape index (κ3) is 2.60. The van der Waals surface area contributed by atoms with Crippen molar-refractivity contribution in [1.29, 1.82) is 0 Å². The third-order valence-corrected chi connectivity index (χ3v) is 3.32. The second-order valence-corrected chi connectivity index (χ2v) is 4.48. The van der Waals surface area contributed by atoms with Gasteiger partial charge in [0, 0.05) is 12.7 Å². The molecular weight excluding hydrogens is 273 g/mol. The third-order valence-electron chi connectivity index (χ3n) is 2.54. The van der Waals surface area contributed by atoms with Crippen molar-refractivity contribution in [3.63, 3.8) is 0 Å². The highest BCUT2D eigenvalue weighted by molar-refractivity contribution is 6.32. The van der Waals surface area contributed by atoms with Gasteiger partial charge >= 0.3 is 0 Å². The number of hydrogen-bond acceptors (Lipinski definition) is 3. The van der Waals surface area contributed by atoms with Gasteiger partial charge in [0.1, 0.15) is 6.61 Å². The zero-order valence-corrected chi connectivity index (χ0v) is 11.7. The molecule has 96 valence electrons. The Balaban J connectivity index is 2.18. The number of aryl methyl sites for hydroxylation is 2. The van der Waals surface area contributed by atoms with E-state index in [1.807, 2.05) is 18.5 Å². The molecule has 6 heteroatoms. The molecule has 0 N–H and O–H groups in total. The predicted octanol–water partition coefficient (Wildman–Crippen LogP) is 3.49. The molecular formula is C12H13Cl2N3O. The van der Waals surface area contributed by atoms with Gasteiger partial charge in [0.15, 0.2) is 10.9 Å². The molecule has 0 aliphatic carbocycles. The molecule has 2 aromatic rings. The van der Waals surface area contributed by atoms with Crippen molar-refractivity contribution in [3.05, 3.63) is 39.9 Å². The fraction of sp³-hybridized carbons (Fsp3) is 0.333. The van der Waals surface area contributed by atoms with E-state index in [-0.39, 0.29) is 0 Å². The number of rotatable bonds is 4. The lowest BCUT2D eigenvalue weighted by atomic mass is 10.3. The summed E-state index contributed by atoms with van der Waals surface area (Å²) >= 11 is 12.1. The maximum atomic E-state index is 6.19. The molecule has 2 aromatic heterocycles. The summed E-state index contributed by atoms with van der Waals surface area (Å²) in [6, 6.07) is 3.54. The van der Waals surface area contributed by atoms with Crippen molar-refractivity contribution in [3.8, 4) is 5.75 Å². The van der Waals surface area contributed by atoms with Crippen LogP contribution >= 0.6 is 23.2 Å². The van der Waals surface area contributed by atoms with Crippen molar-refractivity contribution >= 4 is 23.2 Å². The van der Waals surface area contributed by atoms with E-state index in [9.17, 15) is 0 Å². The van der Waals surface area contributed by atoms with E-state index in [1.54, 1.807) is 18.3 Å². The Hall–Kier alpha value is -1.26. The van der Waals surface area contributed by atoms with Crippen molar-refractivity contribution in [2.75, 3.05) is 0 Å². The summed E-state index contributed by atoms with van der Waals surface area (Å²) in [5, 5.41) is 5.30. The molecule has 0 unspecified atom stereocenters. The Kier molecular flexibility index (Phi) is 4.09. The maximum absolute atomic E-state index is 6.19. The number of nitrogens with zero attached hydrogens (tertiary/aromatic N) is 3. The van der Waals surface area contributed by atoms with Crippen LogP contribution in [-0.2, 0) is 13.2 Å². The van der Waals surface area contributed by atoms with Crippen LogP contribution in [0.25, 0.3) is 0 Å². The molecule has 4 nitrogen and oxygen atoms in total. The van der Waals surface area contributed by atoms with Gasteiger partial charge in [0.2, 0.25) is 0 Å². The SMILES string of the molecule is CCn1nc(C)c(Cl)c1COc1cccnc1Cl. The summed E-state index contributed by atoms with van der Waals surface area (Å²) in [6.45, 7) is 4.93. The van der Waals surface area contributed by atoms with Crippen molar-refractivity contribution in [1.82, 2.24) is 14.8 Å². The summed E-state index contributed by atoms with van der Waals surface area (Å²) < 4.78 is 7.44. The van der Waals surface area contributed by atoms with Crippen LogP contribution in [0.3, 0.4) is 0 Å². The monoisotopic (exact) mass is 285 g/mol. The maximum Gasteiger partial charge on any atom is 0.171 e. The highest BCUT2D eigenvalue weighted by Gasteiger charge is 2.13. The minimum absolute atomic E-state index is 0.318. The summed E-state index contributed by atoms with van der Waals surface area (Å²) in [5.74, 6) is 0.539. The van der Waals surface area contributed by atoms with Crippen LogP contribution in [0, 0.1) is 6.92 Å². The Morgan fingerprint density at radius 1 is 1.39 bits per heavy atom. The fourth-order valence-corrected chi connectivity index (χ4v) is 2.00. The van der Waals surface area contributed by atoms with Crippen LogP contribution in [0.2, 0.25) is 10.2 Å². The zero-order valence-electron chi connectivity index (χ0n) is 10.2. The molecule has 0 atom stereocenters. The summed E-state index contributed by atoms with van der Waals surface area (Å²) in [7, 11) is 0. The molecule has 0 aromatic carbocycles. The lowest BCUT2D eigenvalue weighted by Crippen LogP contribution is -2.06. The van der Waals surface area contributed by atoms with Gasteiger partial charge < -0.3 is 4.74 Å². The van der Waals surface area contributed by atoms with E-state index >= 15 is 0 Å². The fourth-order valence-electron chi connectivity index (χ4n) is 1.63. The molecule has 0 saturated carbocycles. The van der Waals surface area contributed by atoms with Crippen molar-refractivity contribution in [2.24, 2.45) is 0 Å². The number of hydrogen-bond donors (Lipinski definition) is 0. The quantitative estimate of drug-likeness (QED) is 0.808. The van der Waals surface area contributed by atoms with Gasteiger partial charge in [-0.05, 0) is 26.0 Å². The average Bonchev–Trinajstić information content (AvgIpc) is 2.65. The van der Waals surface area contributed by atoms with Gasteiger partial charge in [0.25, 0.3) is 0 Å². The molecule has 0 bridgehead atoms. The minimum atomic E-state index is 0.318. The van der Waals surface area contributed by atoms with E-state index in [0.29, 0.717) is 22.5 Å². The molecule has 2 rings (SSSR count). The number of pyridine rings is 1. The first kappa shape index (κ1) is 13.2. The standard InChI is InChI=1S/C12H13Cl2N3O/c1-3-17-9(11(13)8(2)16-17)7-18-10-5-4-6-15-12(10)14/h4-6H,3,7H2,1-2H3. The summed E-state index contributed by atoms with van der Waals surface area (Å²) in [6.07, 6.45) is 1.61. The Morgan fingerprint density at radius 3 is 2.83 bits per heavy atom. The van der Waals surface area contributed by atoms with Crippen LogP contribution in [0.15, 0.2) is 18.3 Å². The van der Waals surface area contributed by atoms with Gasteiger partial charge in [-0.1, -0.05) is 23.2 Å². The first-order valence-corrected chi connectivity index (χ1v) is 6.34. The van der Waals surface area contributed by atoms with E-state index in [2.05, 4.69) is 10.1 Å². The summed E-state index contributed by atoms with van der Waals surface area (Å²) in [5.41, 5.74) is 1.64. The minimum Gasteiger partial charge on any atom is -0.484 e. The molecule has 0 spiro atoms. The average molecular weight is 286 g/mol. The second-order valence-electron chi connectivity index (χ2n) is 3.74. The molecule has 0 saturated heterocycles. The van der Waals surface area contributed by atoms with E-state index < -0.39 is 0 Å². The largest absolute Gasteiger partial charge is 0.484 e. The normalized spacial score (nSPS) is 10.7. The highest BCUT2D eigenvalue weighted by Crippen LogP contribution is 2.25. The molecule has 2 heterocycles. The molecule has 0 aliphatic heterocycles. The predicted molar refractivity (Wildman–Crippen MR) is 71.2 cm³/mol. The number of ether oxygens (including phenoxy) is 1. The summed E-state index contributed by atoms with van der Waals surface area (Å²) in [4.78, 5) is 3.95. The number of halogens is 2. The molecule has 0 aliphatic rings. The first-order chi connectivity index (χ1) is 8.63. The first-order valence-electron chi connectivity index (χ1n) is 5.58. The zero-order chi connectivity index (χ0) is 13.1. The van der Waals surface area contributed by atoms with E-state index in [1.165, 1.54) is 0 Å². The van der Waals surface area contributed by atoms with E-state index in [4.69, 9.17) is 27.9 Å². The highest BCUT2D eigenvalue weighted by atomic mass is 35.5. The molecule has 18 heavy (non-hydrogen) atoms. The van der Waals surface area contributed by atoms with Crippen molar-refractivity contribution in [2.45, 2.75) is 27.0 Å². The van der Waals surface area contributed by atoms with Crippen molar-refractivity contribution < 1.29 is 4.74 Å². The van der Waals surface area contributed by atoms with Crippen LogP contribution in [0.1, 0.15) is 18.3 Å². The van der Waals surface area contributed by atoms with Crippen LogP contribution < -0.4 is 4.74 Å². The molecule has 0 radical (unpaired) electrons. The topological polar surface area (TPSA) is 39.9 Å². The van der Waals surface area contributed by atoms with Crippen LogP contribution in [0.5, 0.6) is 5.75 Å². The molecule has 0 fully saturated rings. The van der Waals surface area contributed by atoms with Gasteiger partial charge in [-0.2, -0.15) is 5.10 Å². The Bertz CT molecular complexity index is 554. The van der Waals surface area contributed by atoms with Gasteiger partial charge in [0.05, 0.1) is 16.4 Å². The Morgan fingerprint density at radius 2 is 2.17 bits per heavy atom. The van der Waals surface area contributed by atoms with Gasteiger partial charge in [-0.25, -0.2) is 4.98 Å². The van der Waals surface area contributed by atoms with Crippen LogP contribution in [-0.4, -0.2) is 14.8 Å². The number of aromatic nitrogens is 3. The van der Waals surface area contributed by atoms with Gasteiger partial charge in [-0.15, -0.1) is 0 Å². The molecule has 0 amide bonds. The lowest BCUT2D eigenvalue weighted by Gasteiger charge is -2.08. The smallest absolute Gasteiger partial charge is 0.171 e. The van der Waals surface area contributed by atoms with Crippen LogP contribution in [0.4, 0.5) is 0 Å². The Labute approximate surface area is 115 Å². The lowest BCUT2D eigenvalue weighted by molar-refractivity contribution is 0.291. The van der Waals surface area contributed by atoms with Gasteiger partial charge in [-0.3, -0.25) is 4.68 Å². The second kappa shape index (κ2) is 5.59.